The lowest BCUT2D eigenvalue weighted by Gasteiger charge is -1.99. The Hall–Kier alpha value is -0.550. The number of ether oxygens (including phenoxy) is 1. The molecule has 1 aromatic rings. The summed E-state index contributed by atoms with van der Waals surface area (Å²) >= 11 is 3.39. The van der Waals surface area contributed by atoms with E-state index in [9.17, 15) is 4.79 Å². The molecule has 1 aromatic heterocycles. The number of thiazole rings is 1. The molecule has 0 spiro atoms. The summed E-state index contributed by atoms with van der Waals surface area (Å²) in [4.78, 5) is 16.9. The summed E-state index contributed by atoms with van der Waals surface area (Å²) in [6.45, 7) is 6.40. The highest BCUT2D eigenvalue weighted by Gasteiger charge is 2.12. The number of nitrogens with zero attached hydrogens (tertiary/aromatic N) is 1. The zero-order valence-corrected chi connectivity index (χ0v) is 12.2. The third kappa shape index (κ3) is 5.08. The van der Waals surface area contributed by atoms with Crippen LogP contribution in [0.3, 0.4) is 0 Å². The standard InChI is InChI=1S/C12H19NO2S2/c1-4-6-7-16-12-13-9(3)10(17-12)8-11(14)15-5-2/h4-8H2,1-3H3. The fourth-order valence-corrected chi connectivity index (χ4v) is 3.65. The largest absolute Gasteiger partial charge is 0.466 e. The maximum Gasteiger partial charge on any atom is 0.311 e. The summed E-state index contributed by atoms with van der Waals surface area (Å²) in [5.41, 5.74) is 0.960. The zero-order chi connectivity index (χ0) is 12.7. The normalized spacial score (nSPS) is 10.5. The van der Waals surface area contributed by atoms with Gasteiger partial charge in [-0.1, -0.05) is 25.1 Å². The number of unbranched alkanes of at least 4 members (excludes halogenated alkanes) is 1. The van der Waals surface area contributed by atoms with Gasteiger partial charge in [0.2, 0.25) is 0 Å². The van der Waals surface area contributed by atoms with Crippen LogP contribution in [0.1, 0.15) is 37.3 Å². The van der Waals surface area contributed by atoms with E-state index in [1.807, 2.05) is 13.8 Å². The highest BCUT2D eigenvalue weighted by atomic mass is 32.2. The second-order valence-corrected chi connectivity index (χ2v) is 6.10. The van der Waals surface area contributed by atoms with Gasteiger partial charge in [-0.2, -0.15) is 0 Å². The maximum atomic E-state index is 11.4. The summed E-state index contributed by atoms with van der Waals surface area (Å²) in [5, 5.41) is 0. The van der Waals surface area contributed by atoms with E-state index in [4.69, 9.17) is 4.74 Å². The van der Waals surface area contributed by atoms with Crippen LogP contribution in [0.5, 0.6) is 0 Å². The number of thioether (sulfide) groups is 1. The fraction of sp³-hybridized carbons (Fsp3) is 0.667. The summed E-state index contributed by atoms with van der Waals surface area (Å²) in [5.74, 6) is 0.937. The van der Waals surface area contributed by atoms with Crippen LogP contribution in [0, 0.1) is 6.92 Å². The Morgan fingerprint density at radius 1 is 1.47 bits per heavy atom. The van der Waals surface area contributed by atoms with Gasteiger partial charge in [0.1, 0.15) is 4.34 Å². The van der Waals surface area contributed by atoms with Crippen molar-refractivity contribution in [1.82, 2.24) is 4.98 Å². The lowest BCUT2D eigenvalue weighted by atomic mass is 10.3. The van der Waals surface area contributed by atoms with E-state index in [0.29, 0.717) is 13.0 Å². The van der Waals surface area contributed by atoms with Gasteiger partial charge in [0.25, 0.3) is 0 Å². The number of carbonyl (C=O) groups is 1. The van der Waals surface area contributed by atoms with Crippen molar-refractivity contribution in [3.05, 3.63) is 10.6 Å². The maximum absolute atomic E-state index is 11.4. The van der Waals surface area contributed by atoms with Gasteiger partial charge in [0, 0.05) is 10.6 Å². The van der Waals surface area contributed by atoms with Crippen LogP contribution in [0.15, 0.2) is 4.34 Å². The van der Waals surface area contributed by atoms with Crippen LogP contribution in [0.4, 0.5) is 0 Å². The fourth-order valence-electron chi connectivity index (χ4n) is 1.27. The average molecular weight is 273 g/mol. The van der Waals surface area contributed by atoms with E-state index < -0.39 is 0 Å². The predicted molar refractivity (Wildman–Crippen MR) is 72.8 cm³/mol. The van der Waals surface area contributed by atoms with Crippen molar-refractivity contribution in [3.8, 4) is 0 Å². The van der Waals surface area contributed by atoms with Crippen molar-refractivity contribution in [2.24, 2.45) is 0 Å². The van der Waals surface area contributed by atoms with E-state index in [2.05, 4.69) is 11.9 Å². The molecular formula is C12H19NO2S2. The minimum absolute atomic E-state index is 0.163. The molecule has 0 aliphatic heterocycles. The number of rotatable bonds is 7. The molecule has 5 heteroatoms. The molecule has 0 unspecified atom stereocenters. The molecule has 0 fully saturated rings. The van der Waals surface area contributed by atoms with Gasteiger partial charge >= 0.3 is 5.97 Å². The third-order valence-electron chi connectivity index (χ3n) is 2.21. The van der Waals surface area contributed by atoms with Crippen LogP contribution in [-0.2, 0) is 16.0 Å². The molecule has 3 nitrogen and oxygen atoms in total. The van der Waals surface area contributed by atoms with Crippen molar-refractivity contribution in [2.75, 3.05) is 12.4 Å². The van der Waals surface area contributed by atoms with Crippen LogP contribution < -0.4 is 0 Å². The van der Waals surface area contributed by atoms with Gasteiger partial charge in [-0.15, -0.1) is 11.3 Å². The predicted octanol–water partition coefficient (Wildman–Crippen LogP) is 3.45. The molecular weight excluding hydrogens is 254 g/mol. The monoisotopic (exact) mass is 273 g/mol. The summed E-state index contributed by atoms with van der Waals surface area (Å²) in [7, 11) is 0. The molecule has 0 saturated heterocycles. The van der Waals surface area contributed by atoms with Gasteiger partial charge in [-0.3, -0.25) is 4.79 Å². The molecule has 0 aliphatic rings. The topological polar surface area (TPSA) is 39.2 Å². The first-order chi connectivity index (χ1) is 8.17. The Morgan fingerprint density at radius 2 is 2.24 bits per heavy atom. The molecule has 96 valence electrons. The third-order valence-corrected chi connectivity index (χ3v) is 4.59. The molecule has 0 aliphatic carbocycles. The molecule has 1 heterocycles. The quantitative estimate of drug-likeness (QED) is 0.433. The zero-order valence-electron chi connectivity index (χ0n) is 10.6. The van der Waals surface area contributed by atoms with Crippen molar-refractivity contribution in [3.63, 3.8) is 0 Å². The lowest BCUT2D eigenvalue weighted by molar-refractivity contribution is -0.142. The van der Waals surface area contributed by atoms with Crippen molar-refractivity contribution < 1.29 is 9.53 Å². The van der Waals surface area contributed by atoms with Crippen LogP contribution >= 0.6 is 23.1 Å². The number of aryl methyl sites for hydroxylation is 1. The van der Waals surface area contributed by atoms with Gasteiger partial charge in [0.05, 0.1) is 18.7 Å². The number of carbonyl (C=O) groups excluding carboxylic acids is 1. The van der Waals surface area contributed by atoms with Crippen LogP contribution in [-0.4, -0.2) is 23.3 Å². The van der Waals surface area contributed by atoms with E-state index in [0.717, 1.165) is 20.7 Å². The molecule has 0 saturated carbocycles. The van der Waals surface area contributed by atoms with Gasteiger partial charge in [-0.25, -0.2) is 4.98 Å². The Morgan fingerprint density at radius 3 is 2.88 bits per heavy atom. The van der Waals surface area contributed by atoms with Crippen LogP contribution in [0.2, 0.25) is 0 Å². The molecule has 17 heavy (non-hydrogen) atoms. The van der Waals surface area contributed by atoms with E-state index >= 15 is 0 Å². The van der Waals surface area contributed by atoms with Crippen LogP contribution in [0.25, 0.3) is 0 Å². The Kier molecular flexibility index (Phi) is 6.58. The number of hydrogen-bond donors (Lipinski definition) is 0. The Balaban J connectivity index is 2.52. The minimum Gasteiger partial charge on any atom is -0.466 e. The minimum atomic E-state index is -0.163. The molecule has 0 amide bonds. The molecule has 0 atom stereocenters. The van der Waals surface area contributed by atoms with E-state index in [-0.39, 0.29) is 5.97 Å². The number of hydrogen-bond acceptors (Lipinski definition) is 5. The smallest absolute Gasteiger partial charge is 0.311 e. The Bertz CT molecular complexity index is 363. The second kappa shape index (κ2) is 7.71. The molecule has 1 rings (SSSR count). The second-order valence-electron chi connectivity index (χ2n) is 3.67. The van der Waals surface area contributed by atoms with Gasteiger partial charge < -0.3 is 4.74 Å². The summed E-state index contributed by atoms with van der Waals surface area (Å²) in [6, 6.07) is 0. The molecule has 0 bridgehead atoms. The molecule has 0 aromatic carbocycles. The highest BCUT2D eigenvalue weighted by Crippen LogP contribution is 2.28. The number of esters is 1. The van der Waals surface area contributed by atoms with E-state index in [1.54, 1.807) is 23.1 Å². The van der Waals surface area contributed by atoms with Gasteiger partial charge in [-0.05, 0) is 20.3 Å². The van der Waals surface area contributed by atoms with Crippen molar-refractivity contribution in [1.29, 1.82) is 0 Å². The van der Waals surface area contributed by atoms with E-state index in [1.165, 1.54) is 12.8 Å². The average Bonchev–Trinajstić information content (AvgIpc) is 2.60. The lowest BCUT2D eigenvalue weighted by Crippen LogP contribution is -2.07. The summed E-state index contributed by atoms with van der Waals surface area (Å²) < 4.78 is 6.01. The first-order valence-corrected chi connectivity index (χ1v) is 7.72. The first kappa shape index (κ1) is 14.5. The van der Waals surface area contributed by atoms with Crippen molar-refractivity contribution >= 4 is 29.1 Å². The molecule has 0 radical (unpaired) electrons. The Labute approximate surface area is 111 Å². The SMILES string of the molecule is CCCCSc1nc(C)c(CC(=O)OCC)s1. The van der Waals surface area contributed by atoms with Crippen molar-refractivity contribution in [2.45, 2.75) is 44.4 Å². The highest BCUT2D eigenvalue weighted by molar-refractivity contribution is 8.01. The number of aromatic nitrogens is 1. The first-order valence-electron chi connectivity index (χ1n) is 5.92. The summed E-state index contributed by atoms with van der Waals surface area (Å²) in [6.07, 6.45) is 2.76. The molecule has 0 N–H and O–H groups in total. The van der Waals surface area contributed by atoms with Gasteiger partial charge in [0.15, 0.2) is 0 Å².